The number of nitrogens with zero attached hydrogens (tertiary/aromatic N) is 1. The number of esters is 1. The second-order valence-electron chi connectivity index (χ2n) is 6.04. The van der Waals surface area contributed by atoms with Gasteiger partial charge in [0.2, 0.25) is 0 Å². The Labute approximate surface area is 170 Å². The highest BCUT2D eigenvalue weighted by Gasteiger charge is 2.36. The molecule has 2 heterocycles. The molecule has 0 saturated carbocycles. The minimum Gasteiger partial charge on any atom is -0.545 e. The lowest BCUT2D eigenvalue weighted by molar-refractivity contribution is -0.255. The second-order valence-corrected chi connectivity index (χ2v) is 7.03. The molecule has 9 heteroatoms. The van der Waals surface area contributed by atoms with E-state index in [1.165, 1.54) is 12.1 Å². The fourth-order valence-electron chi connectivity index (χ4n) is 2.80. The maximum atomic E-state index is 12.4. The van der Waals surface area contributed by atoms with Gasteiger partial charge in [-0.1, -0.05) is 18.2 Å². The van der Waals surface area contributed by atoms with E-state index in [0.717, 1.165) is 4.90 Å². The molecule has 29 heavy (non-hydrogen) atoms. The number of carboxylic acid groups (broad SMARTS) is 1. The van der Waals surface area contributed by atoms with E-state index in [0.29, 0.717) is 34.4 Å². The smallest absolute Gasteiger partial charge is 0.326 e. The summed E-state index contributed by atoms with van der Waals surface area (Å²) in [5, 5.41) is 10.6. The minimum absolute atomic E-state index is 0.0561. The fraction of sp³-hybridized carbons (Fsp3) is 0.200. The number of imide groups is 1. The van der Waals surface area contributed by atoms with Gasteiger partial charge in [0.05, 0.1) is 17.5 Å². The first kappa shape index (κ1) is 20.4. The van der Waals surface area contributed by atoms with Crippen molar-refractivity contribution in [1.29, 1.82) is 0 Å². The summed E-state index contributed by atoms with van der Waals surface area (Å²) in [6, 6.07) is 7.96. The van der Waals surface area contributed by atoms with Crippen molar-refractivity contribution in [3.05, 3.63) is 52.1 Å². The van der Waals surface area contributed by atoms with Gasteiger partial charge in [0.25, 0.3) is 11.1 Å². The monoisotopic (exact) mass is 414 g/mol. The van der Waals surface area contributed by atoms with Crippen LogP contribution in [0.3, 0.4) is 0 Å². The lowest BCUT2D eigenvalue weighted by Crippen LogP contribution is -2.34. The maximum absolute atomic E-state index is 12.4. The number of rotatable bonds is 6. The third-order valence-electron chi connectivity index (χ3n) is 4.19. The van der Waals surface area contributed by atoms with E-state index >= 15 is 0 Å². The predicted octanol–water partition coefficient (Wildman–Crippen LogP) is 2.22. The molecule has 2 amide bonds. The van der Waals surface area contributed by atoms with Crippen molar-refractivity contribution in [2.24, 2.45) is 0 Å². The van der Waals surface area contributed by atoms with Gasteiger partial charge in [0.1, 0.15) is 18.1 Å². The number of carboxylic acids is 1. The van der Waals surface area contributed by atoms with Gasteiger partial charge in [0.15, 0.2) is 0 Å². The first-order valence-corrected chi connectivity index (χ1v) is 9.45. The summed E-state index contributed by atoms with van der Waals surface area (Å²) in [5.41, 5.74) is 1.12. The van der Waals surface area contributed by atoms with Crippen molar-refractivity contribution >= 4 is 40.9 Å². The molecule has 0 aliphatic carbocycles. The Morgan fingerprint density at radius 1 is 1.24 bits per heavy atom. The van der Waals surface area contributed by atoms with Crippen molar-refractivity contribution < 1.29 is 33.4 Å². The zero-order valence-corrected chi connectivity index (χ0v) is 16.4. The first-order chi connectivity index (χ1) is 13.8. The topological polar surface area (TPSA) is 117 Å². The van der Waals surface area contributed by atoms with Crippen molar-refractivity contribution in [3.8, 4) is 11.3 Å². The van der Waals surface area contributed by atoms with Gasteiger partial charge in [-0.05, 0) is 43.3 Å². The molecule has 1 aromatic heterocycles. The van der Waals surface area contributed by atoms with E-state index in [1.807, 2.05) is 0 Å². The van der Waals surface area contributed by atoms with E-state index in [9.17, 15) is 24.3 Å². The van der Waals surface area contributed by atoms with E-state index in [2.05, 4.69) is 0 Å². The highest BCUT2D eigenvalue weighted by Crippen LogP contribution is 2.34. The number of hydrogen-bond acceptors (Lipinski definition) is 8. The largest absolute Gasteiger partial charge is 0.545 e. The van der Waals surface area contributed by atoms with Crippen LogP contribution in [0.4, 0.5) is 4.79 Å². The molecule has 8 nitrogen and oxygen atoms in total. The summed E-state index contributed by atoms with van der Waals surface area (Å²) in [6.45, 7) is 2.97. The number of aromatic carboxylic acids is 1. The maximum Gasteiger partial charge on any atom is 0.326 e. The van der Waals surface area contributed by atoms with E-state index in [1.54, 1.807) is 38.1 Å². The summed E-state index contributed by atoms with van der Waals surface area (Å²) < 4.78 is 10.5. The molecular weight excluding hydrogens is 398 g/mol. The molecule has 1 fully saturated rings. The zero-order valence-electron chi connectivity index (χ0n) is 15.6. The van der Waals surface area contributed by atoms with Crippen molar-refractivity contribution in [2.45, 2.75) is 13.8 Å². The Bertz CT molecular complexity index is 1040. The van der Waals surface area contributed by atoms with E-state index in [-0.39, 0.29) is 17.1 Å². The number of furan rings is 1. The van der Waals surface area contributed by atoms with Crippen LogP contribution in [0, 0.1) is 6.92 Å². The average Bonchev–Trinajstić information content (AvgIpc) is 3.22. The summed E-state index contributed by atoms with van der Waals surface area (Å²) in [6.07, 6.45) is 1.40. The Morgan fingerprint density at radius 2 is 2.00 bits per heavy atom. The van der Waals surface area contributed by atoms with Crippen molar-refractivity contribution in [3.63, 3.8) is 0 Å². The van der Waals surface area contributed by atoms with Crippen LogP contribution < -0.4 is 5.11 Å². The molecule has 150 valence electrons. The number of ether oxygens (including phenoxy) is 1. The second kappa shape index (κ2) is 8.36. The molecule has 0 N–H and O–H groups in total. The Hall–Kier alpha value is -3.33. The zero-order chi connectivity index (χ0) is 21.1. The van der Waals surface area contributed by atoms with Gasteiger partial charge in [-0.3, -0.25) is 19.3 Å². The minimum atomic E-state index is -1.29. The lowest BCUT2D eigenvalue weighted by atomic mass is 10.0. The van der Waals surface area contributed by atoms with Gasteiger partial charge < -0.3 is 19.1 Å². The number of amides is 2. The number of thioether (sulfide) groups is 1. The summed E-state index contributed by atoms with van der Waals surface area (Å²) >= 11 is 0.696. The number of carbonyl (C=O) groups is 4. The van der Waals surface area contributed by atoms with Gasteiger partial charge >= 0.3 is 5.97 Å². The molecule has 1 aliphatic heterocycles. The normalized spacial score (nSPS) is 15.2. The molecular formula is C20H16NO7S-. The number of carbonyl (C=O) groups excluding carboxylic acids is 4. The molecule has 1 aliphatic rings. The van der Waals surface area contributed by atoms with Crippen LogP contribution in [0.1, 0.15) is 28.6 Å². The summed E-state index contributed by atoms with van der Waals surface area (Å²) in [4.78, 5) is 48.1. The molecule has 0 bridgehead atoms. The molecule has 2 aromatic rings. The number of benzene rings is 1. The summed E-state index contributed by atoms with van der Waals surface area (Å²) in [5.74, 6) is -1.85. The van der Waals surface area contributed by atoms with Crippen LogP contribution in [-0.4, -0.2) is 41.1 Å². The van der Waals surface area contributed by atoms with Crippen LogP contribution in [0.25, 0.3) is 17.4 Å². The molecule has 0 atom stereocenters. The Balaban J connectivity index is 1.83. The van der Waals surface area contributed by atoms with Gasteiger partial charge in [-0.15, -0.1) is 0 Å². The molecule has 0 unspecified atom stereocenters. The van der Waals surface area contributed by atoms with E-state index in [4.69, 9.17) is 9.15 Å². The summed E-state index contributed by atoms with van der Waals surface area (Å²) in [7, 11) is 0. The average molecular weight is 414 g/mol. The molecule has 1 aromatic carbocycles. The van der Waals surface area contributed by atoms with Crippen LogP contribution >= 0.6 is 11.8 Å². The van der Waals surface area contributed by atoms with Crippen LogP contribution in [-0.2, 0) is 14.3 Å². The van der Waals surface area contributed by atoms with Crippen LogP contribution in [0.2, 0.25) is 0 Å². The predicted molar refractivity (Wildman–Crippen MR) is 103 cm³/mol. The standard InChI is InChI=1S/C20H17NO7S/c1-3-27-17(22)10-21-18(23)16(29-20(21)26)9-12-7-8-15(28-12)13-5-4-6-14(11(13)2)19(24)25/h4-9H,3,10H2,1-2H3,(H,24,25)/p-1/b16-9-. The quantitative estimate of drug-likeness (QED) is 0.522. The third-order valence-corrected chi connectivity index (χ3v) is 5.09. The number of hydrogen-bond donors (Lipinski definition) is 0. The molecule has 1 saturated heterocycles. The van der Waals surface area contributed by atoms with E-state index < -0.39 is 29.6 Å². The Morgan fingerprint density at radius 3 is 2.69 bits per heavy atom. The highest BCUT2D eigenvalue weighted by atomic mass is 32.2. The SMILES string of the molecule is CCOC(=O)CN1C(=O)S/C(=C\c2ccc(-c3cccc(C(=O)[O-])c3C)o2)C1=O. The van der Waals surface area contributed by atoms with Crippen LogP contribution in [0.15, 0.2) is 39.7 Å². The molecule has 3 rings (SSSR count). The molecule has 0 spiro atoms. The molecule has 0 radical (unpaired) electrons. The fourth-order valence-corrected chi connectivity index (χ4v) is 3.62. The van der Waals surface area contributed by atoms with Gasteiger partial charge in [-0.2, -0.15) is 0 Å². The van der Waals surface area contributed by atoms with Crippen LogP contribution in [0.5, 0.6) is 0 Å². The van der Waals surface area contributed by atoms with Gasteiger partial charge in [0, 0.05) is 17.2 Å². The van der Waals surface area contributed by atoms with Crippen molar-refractivity contribution in [1.82, 2.24) is 4.90 Å². The highest BCUT2D eigenvalue weighted by molar-refractivity contribution is 8.18. The Kier molecular flexibility index (Phi) is 5.88. The third kappa shape index (κ3) is 4.24. The van der Waals surface area contributed by atoms with Gasteiger partial charge in [-0.25, -0.2) is 0 Å². The van der Waals surface area contributed by atoms with Crippen molar-refractivity contribution in [2.75, 3.05) is 13.2 Å². The first-order valence-electron chi connectivity index (χ1n) is 8.64. The lowest BCUT2D eigenvalue weighted by Gasteiger charge is -2.10.